The molecule has 4 N–H and O–H groups in total. The molecule has 0 saturated carbocycles. The molecule has 4 rings (SSSR count). The number of anilines is 1. The van der Waals surface area contributed by atoms with Crippen LogP contribution in [0.5, 0.6) is 11.5 Å². The van der Waals surface area contributed by atoms with E-state index in [1.165, 1.54) is 4.57 Å². The van der Waals surface area contributed by atoms with E-state index in [2.05, 4.69) is 63.6 Å². The van der Waals surface area contributed by atoms with Gasteiger partial charge in [0, 0.05) is 23.1 Å². The molecule has 0 unspecified atom stereocenters. The van der Waals surface area contributed by atoms with E-state index in [0.717, 1.165) is 21.4 Å². The highest BCUT2D eigenvalue weighted by atomic mass is 131. The summed E-state index contributed by atoms with van der Waals surface area (Å²) >= 11 is 2.26. The van der Waals surface area contributed by atoms with Gasteiger partial charge in [0.1, 0.15) is 0 Å². The van der Waals surface area contributed by atoms with Crippen molar-refractivity contribution in [2.45, 2.75) is 33.7 Å². The number of hydrogen-bond donors (Lipinski definition) is 3. The van der Waals surface area contributed by atoms with E-state index >= 15 is 0 Å². The molecule has 0 bridgehead atoms. The minimum Gasteiger partial charge on any atom is -0.454 e. The third kappa shape index (κ3) is 4.43. The van der Waals surface area contributed by atoms with Gasteiger partial charge in [-0.05, 0) is 45.7 Å². The van der Waals surface area contributed by atoms with Crippen molar-refractivity contribution in [2.75, 3.05) is 25.6 Å². The lowest BCUT2D eigenvalue weighted by Gasteiger charge is -2.18. The number of aromatic nitrogens is 4. The molecule has 3 aromatic rings. The van der Waals surface area contributed by atoms with Crippen LogP contribution in [0.3, 0.4) is 0 Å². The smallest absolute Gasteiger partial charge is 0.425 e. The van der Waals surface area contributed by atoms with Gasteiger partial charge in [0.25, 0.3) is 5.65 Å². The minimum atomic E-state index is -0.645. The number of rotatable bonds is 6. The molecule has 10 heteroatoms. The predicted molar refractivity (Wildman–Crippen MR) is 119 cm³/mol. The van der Waals surface area contributed by atoms with Gasteiger partial charge in [-0.25, -0.2) is 0 Å². The first-order valence-electron chi connectivity index (χ1n) is 9.73. The van der Waals surface area contributed by atoms with Crippen molar-refractivity contribution in [3.8, 4) is 11.5 Å². The Kier molecular flexibility index (Phi) is 5.71. The van der Waals surface area contributed by atoms with Crippen molar-refractivity contribution in [3.05, 3.63) is 33.2 Å². The average Bonchev–Trinajstić information content (AvgIpc) is 3.27. The molecular weight excluding hydrogens is 506 g/mol. The van der Waals surface area contributed by atoms with E-state index in [-0.39, 0.29) is 18.0 Å². The first-order chi connectivity index (χ1) is 14.2. The van der Waals surface area contributed by atoms with E-state index in [1.54, 1.807) is 0 Å². The molecule has 1 aliphatic heterocycles. The monoisotopic (exact) mass is 531 g/mol. The van der Waals surface area contributed by atoms with E-state index in [1.807, 2.05) is 12.1 Å². The average molecular weight is 531 g/mol. The second kappa shape index (κ2) is 8.14. The number of H-pyrrole nitrogens is 1. The van der Waals surface area contributed by atoms with Gasteiger partial charge in [0.05, 0.1) is 6.54 Å². The molecule has 0 amide bonds. The summed E-state index contributed by atoms with van der Waals surface area (Å²) in [6.07, 6.45) is -0.124. The summed E-state index contributed by atoms with van der Waals surface area (Å²) in [5, 5.41) is 3.35. The quantitative estimate of drug-likeness (QED) is 0.196. The van der Waals surface area contributed by atoms with Crippen molar-refractivity contribution in [3.63, 3.8) is 0 Å². The van der Waals surface area contributed by atoms with Crippen molar-refractivity contribution >= 4 is 39.6 Å². The zero-order valence-corrected chi connectivity index (χ0v) is 19.3. The second-order valence-corrected chi connectivity index (χ2v) is 9.67. The Labute approximate surface area is 187 Å². The number of halogens is 2. The van der Waals surface area contributed by atoms with Crippen LogP contribution >= 0.6 is 22.6 Å². The number of nitrogens with one attached hydrogen (secondary N) is 2. The number of fused-ring (bicyclic) bond motifs is 2. The van der Waals surface area contributed by atoms with Crippen molar-refractivity contribution in [2.24, 2.45) is 5.41 Å². The van der Waals surface area contributed by atoms with E-state index < -0.39 is 6.08 Å². The molecule has 2 aromatic heterocycles. The lowest BCUT2D eigenvalue weighted by molar-refractivity contribution is -0.703. The fourth-order valence-corrected chi connectivity index (χ4v) is 3.93. The summed E-state index contributed by atoms with van der Waals surface area (Å²) in [5.74, 6) is 2.23. The molecule has 160 valence electrons. The zero-order valence-electron chi connectivity index (χ0n) is 17.2. The SMILES string of the molecule is CC(C)(C)CNCC[n+]1c(F)nc(N)c2[nH]c(Cc3cc4c(cc3[131I])OCO4)nc21. The first-order valence-corrected chi connectivity index (χ1v) is 10.8. The molecule has 1 aromatic carbocycles. The third-order valence-electron chi connectivity index (χ3n) is 4.75. The Hall–Kier alpha value is -2.21. The van der Waals surface area contributed by atoms with Gasteiger partial charge in [-0.1, -0.05) is 30.7 Å². The molecule has 0 radical (unpaired) electrons. The first kappa shape index (κ1) is 21.0. The predicted octanol–water partition coefficient (Wildman–Crippen LogP) is 2.53. The largest absolute Gasteiger partial charge is 0.454 e. The van der Waals surface area contributed by atoms with Gasteiger partial charge < -0.3 is 25.5 Å². The van der Waals surface area contributed by atoms with Gasteiger partial charge in [-0.15, -0.1) is 4.39 Å². The Bertz CT molecular complexity index is 1100. The van der Waals surface area contributed by atoms with E-state index in [4.69, 9.17) is 15.2 Å². The van der Waals surface area contributed by atoms with Gasteiger partial charge in [-0.3, -0.25) is 0 Å². The van der Waals surface area contributed by atoms with Crippen LogP contribution in [0.2, 0.25) is 0 Å². The number of nitrogens with two attached hydrogens (primary N) is 1. The summed E-state index contributed by atoms with van der Waals surface area (Å²) in [6.45, 7) is 8.50. The van der Waals surface area contributed by atoms with Gasteiger partial charge in [-0.2, -0.15) is 4.57 Å². The molecule has 30 heavy (non-hydrogen) atoms. The molecule has 0 aliphatic carbocycles. The van der Waals surface area contributed by atoms with Crippen molar-refractivity contribution in [1.29, 1.82) is 0 Å². The van der Waals surface area contributed by atoms with Crippen molar-refractivity contribution < 1.29 is 18.4 Å². The Morgan fingerprint density at radius 3 is 2.73 bits per heavy atom. The maximum absolute atomic E-state index is 14.6. The molecule has 3 heterocycles. The van der Waals surface area contributed by atoms with Crippen LogP contribution in [0.4, 0.5) is 10.2 Å². The summed E-state index contributed by atoms with van der Waals surface area (Å²) in [6, 6.07) is 3.89. The van der Waals surface area contributed by atoms with Crippen LogP contribution in [0.25, 0.3) is 11.2 Å². The lowest BCUT2D eigenvalue weighted by atomic mass is 9.97. The molecule has 1 aliphatic rings. The highest BCUT2D eigenvalue weighted by Gasteiger charge is 2.25. The summed E-state index contributed by atoms with van der Waals surface area (Å²) in [5.41, 5.74) is 8.14. The second-order valence-electron chi connectivity index (χ2n) is 8.51. The summed E-state index contributed by atoms with van der Waals surface area (Å²) in [4.78, 5) is 11.7. The summed E-state index contributed by atoms with van der Waals surface area (Å²) < 4.78 is 27.9. The number of nitrogens with zero attached hydrogens (tertiary/aromatic N) is 3. The minimum absolute atomic E-state index is 0.0977. The molecule has 0 spiro atoms. The number of ether oxygens (including phenoxy) is 2. The Morgan fingerprint density at radius 1 is 1.27 bits per heavy atom. The Balaban J connectivity index is 1.60. The van der Waals surface area contributed by atoms with Crippen LogP contribution in [-0.2, 0) is 13.0 Å². The van der Waals surface area contributed by atoms with Crippen LogP contribution in [0.15, 0.2) is 12.1 Å². The van der Waals surface area contributed by atoms with Gasteiger partial charge in [0.2, 0.25) is 12.6 Å². The van der Waals surface area contributed by atoms with E-state index in [0.29, 0.717) is 42.2 Å². The van der Waals surface area contributed by atoms with Crippen LogP contribution in [0.1, 0.15) is 32.2 Å². The number of aromatic amines is 1. The van der Waals surface area contributed by atoms with Crippen LogP contribution in [-0.4, -0.2) is 34.8 Å². The molecular formula is C20H25FIN6O2+. The van der Waals surface area contributed by atoms with Gasteiger partial charge >= 0.3 is 6.08 Å². The molecule has 0 saturated heterocycles. The maximum Gasteiger partial charge on any atom is 0.425 e. The normalized spacial score (nSPS) is 13.4. The highest BCUT2D eigenvalue weighted by molar-refractivity contribution is 14.1. The third-order valence-corrected chi connectivity index (χ3v) is 5.75. The van der Waals surface area contributed by atoms with Crippen LogP contribution in [0, 0.1) is 15.1 Å². The van der Waals surface area contributed by atoms with Gasteiger partial charge in [0.15, 0.2) is 22.8 Å². The number of benzene rings is 1. The standard InChI is InChI=1S/C20H24FIN6O2/c1-20(2,3)9-24-4-5-28-18-16(17(23)27-19(28)21)25-15(26-18)7-11-6-13-14(8-12(11)22)30-10-29-13/h6,8,24H,4-5,7,9-10H2,1-3H3,(H2,23,25,26)/p+1/i22+4. The molecule has 0 fully saturated rings. The fraction of sp³-hybridized carbons (Fsp3) is 0.450. The number of imidazole rings is 1. The molecule has 0 atom stereocenters. The topological polar surface area (TPSA) is 102 Å². The zero-order chi connectivity index (χ0) is 21.5. The summed E-state index contributed by atoms with van der Waals surface area (Å²) in [7, 11) is 0. The number of nitrogen functional groups attached to an aromatic ring is 1. The molecule has 8 nitrogen and oxygen atoms in total. The highest BCUT2D eigenvalue weighted by Crippen LogP contribution is 2.36. The van der Waals surface area contributed by atoms with Crippen molar-refractivity contribution in [1.82, 2.24) is 20.3 Å². The fourth-order valence-electron chi connectivity index (χ4n) is 3.30. The lowest BCUT2D eigenvalue weighted by Crippen LogP contribution is -2.45. The van der Waals surface area contributed by atoms with E-state index in [9.17, 15) is 4.39 Å². The number of hydrogen-bond acceptors (Lipinski definition) is 6. The Morgan fingerprint density at radius 2 is 2.00 bits per heavy atom. The maximum atomic E-state index is 14.6. The van der Waals surface area contributed by atoms with Crippen LogP contribution < -0.4 is 25.1 Å².